The molecule has 0 spiro atoms. The molecule has 0 saturated carbocycles. The van der Waals surface area contributed by atoms with Crippen LogP contribution in [0.1, 0.15) is 70.4 Å². The van der Waals surface area contributed by atoms with Crippen LogP contribution in [0, 0.1) is 18.8 Å². The lowest BCUT2D eigenvalue weighted by atomic mass is 9.78. The molecule has 3 atom stereocenters. The van der Waals surface area contributed by atoms with E-state index in [0.717, 1.165) is 61.7 Å². The number of hydrogen-bond donors (Lipinski definition) is 1. The molecule has 0 bridgehead atoms. The van der Waals surface area contributed by atoms with E-state index in [1.807, 2.05) is 12.2 Å². The van der Waals surface area contributed by atoms with Crippen LogP contribution in [0.3, 0.4) is 0 Å². The number of benzene rings is 2. The molecule has 2 aromatic carbocycles. The van der Waals surface area contributed by atoms with Crippen LogP contribution < -0.4 is 9.47 Å². The van der Waals surface area contributed by atoms with E-state index < -0.39 is 5.97 Å². The molecule has 3 unspecified atom stereocenters. The third kappa shape index (κ3) is 5.57. The number of nitrogens with zero attached hydrogens (tertiary/aromatic N) is 3. The first kappa shape index (κ1) is 30.2. The number of para-hydroxylation sites is 1. The molecule has 232 valence electrons. The molecule has 3 heterocycles. The largest absolute Gasteiger partial charge is 0.488 e. The van der Waals surface area contributed by atoms with Crippen LogP contribution in [0.15, 0.2) is 54.8 Å². The van der Waals surface area contributed by atoms with Crippen molar-refractivity contribution in [1.82, 2.24) is 14.7 Å². The molecule has 1 aliphatic carbocycles. The van der Waals surface area contributed by atoms with E-state index in [2.05, 4.69) is 74.1 Å². The van der Waals surface area contributed by atoms with Gasteiger partial charge in [0.2, 0.25) is 5.88 Å². The number of allylic oxidation sites excluding steroid dienone is 4. The maximum Gasteiger partial charge on any atom is 0.342 e. The molecule has 8 heteroatoms. The van der Waals surface area contributed by atoms with Gasteiger partial charge in [0.05, 0.1) is 32.6 Å². The number of aromatic nitrogens is 2. The normalized spacial score (nSPS) is 22.1. The maximum absolute atomic E-state index is 11.7. The standard InChI is InChI=1S/C36H43N3O5/c1-6-26-15-25(16-27-13-14-38(18-32(26)27)28-20-43-21-28)19-44-34-22(2)9-7-11-30(34)29-10-8-12-33(24(4)23(29)3)39-35(42-5)31(17-37-39)36(40)41/h7-12,15-17,23-24,28-29H,6,13-14,18-21H2,1-5H3,(H,40,41). The molecular weight excluding hydrogens is 554 g/mol. The van der Waals surface area contributed by atoms with Crippen LogP contribution in [-0.2, 0) is 30.7 Å². The maximum atomic E-state index is 11.7. The summed E-state index contributed by atoms with van der Waals surface area (Å²) in [6.45, 7) is 13.1. The van der Waals surface area contributed by atoms with Crippen LogP contribution in [0.4, 0.5) is 0 Å². The minimum Gasteiger partial charge on any atom is -0.488 e. The summed E-state index contributed by atoms with van der Waals surface area (Å²) in [6, 6.07) is 11.6. The van der Waals surface area contributed by atoms with Gasteiger partial charge in [-0.05, 0) is 59.6 Å². The predicted octanol–water partition coefficient (Wildman–Crippen LogP) is 6.26. The molecule has 1 aromatic heterocycles. The topological polar surface area (TPSA) is 86.1 Å². The van der Waals surface area contributed by atoms with Crippen molar-refractivity contribution in [2.24, 2.45) is 11.8 Å². The molecule has 1 N–H and O–H groups in total. The molecule has 8 nitrogen and oxygen atoms in total. The fourth-order valence-corrected chi connectivity index (χ4v) is 6.97. The van der Waals surface area contributed by atoms with Gasteiger partial charge in [0.25, 0.3) is 0 Å². The summed E-state index contributed by atoms with van der Waals surface area (Å²) in [6.07, 6.45) is 9.70. The lowest BCUT2D eigenvalue weighted by Crippen LogP contribution is -2.50. The number of carboxylic acids is 1. The number of carboxylic acid groups (broad SMARTS) is 1. The number of hydrogen-bond acceptors (Lipinski definition) is 6. The first-order valence-corrected chi connectivity index (χ1v) is 15.7. The smallest absolute Gasteiger partial charge is 0.342 e. The second-order valence-corrected chi connectivity index (χ2v) is 12.4. The van der Waals surface area contributed by atoms with Gasteiger partial charge in [-0.15, -0.1) is 0 Å². The first-order valence-electron chi connectivity index (χ1n) is 15.7. The Kier molecular flexibility index (Phi) is 8.65. The number of methoxy groups -OCH3 is 1. The van der Waals surface area contributed by atoms with Crippen LogP contribution in [0.2, 0.25) is 0 Å². The van der Waals surface area contributed by atoms with Gasteiger partial charge < -0.3 is 19.3 Å². The highest BCUT2D eigenvalue weighted by molar-refractivity contribution is 5.90. The number of fused-ring (bicyclic) bond motifs is 1. The lowest BCUT2D eigenvalue weighted by molar-refractivity contribution is -0.0695. The minimum atomic E-state index is -1.06. The van der Waals surface area contributed by atoms with Crippen LogP contribution in [0.25, 0.3) is 5.70 Å². The van der Waals surface area contributed by atoms with E-state index >= 15 is 0 Å². The highest BCUT2D eigenvalue weighted by Crippen LogP contribution is 2.43. The number of ether oxygens (including phenoxy) is 3. The Balaban J connectivity index is 1.23. The fraction of sp³-hybridized carbons (Fsp3) is 0.444. The van der Waals surface area contributed by atoms with Crippen molar-refractivity contribution in [3.05, 3.63) is 93.7 Å². The molecule has 3 aliphatic rings. The second-order valence-electron chi connectivity index (χ2n) is 12.4. The molecular formula is C36H43N3O5. The zero-order valence-corrected chi connectivity index (χ0v) is 26.4. The fourth-order valence-electron chi connectivity index (χ4n) is 6.97. The number of carbonyl (C=O) groups is 1. The van der Waals surface area contributed by atoms with Gasteiger partial charge in [-0.25, -0.2) is 9.48 Å². The van der Waals surface area contributed by atoms with Gasteiger partial charge in [0.1, 0.15) is 17.9 Å². The molecule has 6 rings (SSSR count). The molecule has 3 aromatic rings. The zero-order valence-electron chi connectivity index (χ0n) is 26.4. The Morgan fingerprint density at radius 1 is 1.20 bits per heavy atom. The quantitative estimate of drug-likeness (QED) is 0.312. The number of rotatable bonds is 9. The first-order chi connectivity index (χ1) is 21.3. The zero-order chi connectivity index (χ0) is 31.0. The Morgan fingerprint density at radius 3 is 2.73 bits per heavy atom. The van der Waals surface area contributed by atoms with Gasteiger partial charge >= 0.3 is 5.97 Å². The Bertz CT molecular complexity index is 1580. The summed E-state index contributed by atoms with van der Waals surface area (Å²) >= 11 is 0. The molecule has 1 fully saturated rings. The molecule has 0 amide bonds. The van der Waals surface area contributed by atoms with E-state index in [4.69, 9.17) is 14.2 Å². The molecule has 0 radical (unpaired) electrons. The Hall–Kier alpha value is -3.88. The van der Waals surface area contributed by atoms with Crippen molar-refractivity contribution in [1.29, 1.82) is 0 Å². The van der Waals surface area contributed by atoms with Crippen LogP contribution >= 0.6 is 0 Å². The summed E-state index contributed by atoms with van der Waals surface area (Å²) in [5, 5.41) is 14.0. The van der Waals surface area contributed by atoms with E-state index in [1.54, 1.807) is 4.68 Å². The van der Waals surface area contributed by atoms with E-state index in [1.165, 1.54) is 35.6 Å². The summed E-state index contributed by atoms with van der Waals surface area (Å²) < 4.78 is 19.3. The van der Waals surface area contributed by atoms with Crippen molar-refractivity contribution in [3.8, 4) is 11.6 Å². The summed E-state index contributed by atoms with van der Waals surface area (Å²) in [4.78, 5) is 14.3. The lowest BCUT2D eigenvalue weighted by Gasteiger charge is -2.40. The SMILES string of the molecule is CCc1cc(COc2c(C)cccc2C2C=CC=C(n3ncc(C(=O)O)c3OC)C(C)C2C)cc2c1CN(C1COC1)CC2. The van der Waals surface area contributed by atoms with E-state index in [-0.39, 0.29) is 29.2 Å². The van der Waals surface area contributed by atoms with Crippen molar-refractivity contribution in [3.63, 3.8) is 0 Å². The van der Waals surface area contributed by atoms with Gasteiger partial charge in [-0.3, -0.25) is 4.90 Å². The monoisotopic (exact) mass is 597 g/mol. The van der Waals surface area contributed by atoms with Crippen molar-refractivity contribution in [2.75, 3.05) is 26.9 Å². The number of aromatic carboxylic acids is 1. The molecule has 44 heavy (non-hydrogen) atoms. The third-order valence-corrected chi connectivity index (χ3v) is 9.83. The van der Waals surface area contributed by atoms with Crippen molar-refractivity contribution < 1.29 is 24.1 Å². The summed E-state index contributed by atoms with van der Waals surface area (Å²) in [5.41, 5.74) is 8.79. The van der Waals surface area contributed by atoms with Gasteiger partial charge in [-0.1, -0.05) is 63.3 Å². The average Bonchev–Trinajstić information content (AvgIpc) is 3.37. The minimum absolute atomic E-state index is 0.0473. The highest BCUT2D eigenvalue weighted by atomic mass is 16.5. The third-order valence-electron chi connectivity index (χ3n) is 9.83. The van der Waals surface area contributed by atoms with Gasteiger partial charge in [0, 0.05) is 36.2 Å². The van der Waals surface area contributed by atoms with E-state index in [0.29, 0.717) is 12.6 Å². The summed E-state index contributed by atoms with van der Waals surface area (Å²) in [5.74, 6) is 0.416. The van der Waals surface area contributed by atoms with Gasteiger partial charge in [-0.2, -0.15) is 5.10 Å². The van der Waals surface area contributed by atoms with Gasteiger partial charge in [0.15, 0.2) is 0 Å². The Labute approximate surface area is 259 Å². The highest BCUT2D eigenvalue weighted by Gasteiger charge is 2.33. The molecule has 2 aliphatic heterocycles. The molecule has 1 saturated heterocycles. The number of aryl methyl sites for hydroxylation is 2. The van der Waals surface area contributed by atoms with Crippen molar-refractivity contribution in [2.45, 2.75) is 65.6 Å². The Morgan fingerprint density at radius 2 is 2.02 bits per heavy atom. The predicted molar refractivity (Wildman–Crippen MR) is 170 cm³/mol. The summed E-state index contributed by atoms with van der Waals surface area (Å²) in [7, 11) is 1.48. The van der Waals surface area contributed by atoms with Crippen molar-refractivity contribution >= 4 is 11.7 Å². The van der Waals surface area contributed by atoms with Crippen LogP contribution in [0.5, 0.6) is 11.6 Å². The van der Waals surface area contributed by atoms with Crippen LogP contribution in [-0.4, -0.2) is 58.7 Å². The van der Waals surface area contributed by atoms with E-state index in [9.17, 15) is 9.90 Å². The second kappa shape index (κ2) is 12.6. The average molecular weight is 598 g/mol.